The van der Waals surface area contributed by atoms with Crippen LogP contribution in [-0.4, -0.2) is 25.3 Å². The number of hydrogen-bond acceptors (Lipinski definition) is 3. The fraction of sp³-hybridized carbons (Fsp3) is 0.741. The van der Waals surface area contributed by atoms with Crippen molar-refractivity contribution in [2.75, 3.05) is 13.2 Å². The van der Waals surface area contributed by atoms with Gasteiger partial charge < -0.3 is 9.47 Å². The fourth-order valence-corrected chi connectivity index (χ4v) is 7.75. The van der Waals surface area contributed by atoms with Gasteiger partial charge in [-0.3, -0.25) is 4.79 Å². The first-order chi connectivity index (χ1) is 14.1. The number of fused-ring (bicyclic) bond motifs is 5. The maximum Gasteiger partial charge on any atom is 0.178 e. The van der Waals surface area contributed by atoms with Gasteiger partial charge in [0.25, 0.3) is 0 Å². The topological polar surface area (TPSA) is 35.5 Å². The zero-order valence-corrected chi connectivity index (χ0v) is 19.3. The number of ether oxygens (including phenoxy) is 2. The van der Waals surface area contributed by atoms with E-state index < -0.39 is 0 Å². The second-order valence-corrected chi connectivity index (χ2v) is 12.0. The number of ketones is 1. The predicted molar refractivity (Wildman–Crippen MR) is 119 cm³/mol. The summed E-state index contributed by atoms with van der Waals surface area (Å²) in [4.78, 5) is 11.9. The van der Waals surface area contributed by atoms with Crippen LogP contribution in [-0.2, 0) is 14.3 Å². The van der Waals surface area contributed by atoms with Gasteiger partial charge in [0.2, 0.25) is 0 Å². The third kappa shape index (κ3) is 3.03. The van der Waals surface area contributed by atoms with Gasteiger partial charge in [0.05, 0.1) is 13.2 Å². The molecule has 0 aromatic heterocycles. The van der Waals surface area contributed by atoms with Crippen molar-refractivity contribution in [1.82, 2.24) is 0 Å². The molecule has 3 nitrogen and oxygen atoms in total. The maximum absolute atomic E-state index is 11.9. The summed E-state index contributed by atoms with van der Waals surface area (Å²) >= 11 is 0. The van der Waals surface area contributed by atoms with Crippen LogP contribution >= 0.6 is 0 Å². The first kappa shape index (κ1) is 20.7. The minimum Gasteiger partial charge on any atom is -0.352 e. The van der Waals surface area contributed by atoms with Crippen LogP contribution in [0.2, 0.25) is 0 Å². The Balaban J connectivity index is 1.38. The maximum atomic E-state index is 11.9. The Morgan fingerprint density at radius 1 is 1.00 bits per heavy atom. The van der Waals surface area contributed by atoms with E-state index in [-0.39, 0.29) is 22.9 Å². The predicted octanol–water partition coefficient (Wildman–Crippen LogP) is 5.72. The number of rotatable bonds is 2. The van der Waals surface area contributed by atoms with E-state index in [2.05, 4.69) is 52.8 Å². The van der Waals surface area contributed by atoms with Gasteiger partial charge in [-0.05, 0) is 72.5 Å². The van der Waals surface area contributed by atoms with Crippen LogP contribution in [0.1, 0.15) is 60.3 Å². The molecular weight excluding hydrogens is 372 g/mol. The highest BCUT2D eigenvalue weighted by molar-refractivity contribution is 6.01. The van der Waals surface area contributed by atoms with Crippen molar-refractivity contribution in [1.29, 1.82) is 0 Å². The van der Waals surface area contributed by atoms with E-state index in [1.165, 1.54) is 31.3 Å². The molecule has 2 saturated carbocycles. The van der Waals surface area contributed by atoms with Crippen molar-refractivity contribution < 1.29 is 14.3 Å². The van der Waals surface area contributed by atoms with Crippen molar-refractivity contribution in [3.63, 3.8) is 0 Å². The van der Waals surface area contributed by atoms with Crippen molar-refractivity contribution in [3.8, 4) is 0 Å². The summed E-state index contributed by atoms with van der Waals surface area (Å²) in [5.74, 6) is 3.14. The van der Waals surface area contributed by atoms with Gasteiger partial charge >= 0.3 is 0 Å². The molecule has 0 aromatic carbocycles. The molecule has 1 heterocycles. The first-order valence-electron chi connectivity index (χ1n) is 12.0. The molecule has 0 aromatic rings. The Morgan fingerprint density at radius 3 is 2.47 bits per heavy atom. The van der Waals surface area contributed by atoms with Crippen molar-refractivity contribution >= 4 is 5.78 Å². The number of hydrogen-bond donors (Lipinski definition) is 0. The van der Waals surface area contributed by atoms with Crippen molar-refractivity contribution in [2.24, 2.45) is 45.8 Å². The molecule has 0 radical (unpaired) electrons. The lowest BCUT2D eigenvalue weighted by molar-refractivity contribution is -0.252. The van der Waals surface area contributed by atoms with Crippen molar-refractivity contribution in [2.45, 2.75) is 66.6 Å². The summed E-state index contributed by atoms with van der Waals surface area (Å²) in [5, 5.41) is 0. The van der Waals surface area contributed by atoms with E-state index in [0.29, 0.717) is 35.0 Å². The molecule has 5 rings (SSSR count). The molecule has 0 bridgehead atoms. The average Bonchev–Trinajstić information content (AvgIpc) is 3.05. The van der Waals surface area contributed by atoms with Gasteiger partial charge in [-0.15, -0.1) is 0 Å². The highest BCUT2D eigenvalue weighted by Gasteiger charge is 2.59. The van der Waals surface area contributed by atoms with Crippen LogP contribution in [0, 0.1) is 45.8 Å². The molecule has 7 atom stereocenters. The minimum absolute atomic E-state index is 0.0134. The van der Waals surface area contributed by atoms with Gasteiger partial charge in [-0.25, -0.2) is 0 Å². The SMILES string of the molecule is CC(C1OCC(C)(C)CO1)[C@H]1CC[C@H]2[C@@H]3C=CC4=CC(=O)C=C[C@]4(C)[C@H]3CC[C@]12C. The third-order valence-electron chi connectivity index (χ3n) is 9.53. The molecule has 0 amide bonds. The Bertz CT molecular complexity index is 810. The Hall–Kier alpha value is -1.19. The zero-order chi connectivity index (χ0) is 21.3. The lowest BCUT2D eigenvalue weighted by Crippen LogP contribution is -2.50. The fourth-order valence-electron chi connectivity index (χ4n) is 7.75. The van der Waals surface area contributed by atoms with E-state index in [0.717, 1.165) is 13.2 Å². The van der Waals surface area contributed by atoms with E-state index in [1.54, 1.807) is 6.08 Å². The Kier molecular flexibility index (Phi) is 4.76. The molecule has 164 valence electrons. The molecule has 0 N–H and O–H groups in total. The number of carbonyl (C=O) groups is 1. The quantitative estimate of drug-likeness (QED) is 0.584. The standard InChI is InChI=1S/C27H38O3/c1-17(24-29-15-25(2,3)16-30-24)21-8-9-22-20-7-6-18-14-19(28)10-12-26(18,4)23(20)11-13-27(21,22)5/h6-7,10,12,14,17,20-24H,8-9,11,13,15-16H2,1-5H3/t17?,20-,21+,22-,23-,26-,27+/m0/s1. The van der Waals surface area contributed by atoms with Gasteiger partial charge in [-0.1, -0.05) is 52.8 Å². The summed E-state index contributed by atoms with van der Waals surface area (Å²) in [7, 11) is 0. The van der Waals surface area contributed by atoms with E-state index in [4.69, 9.17) is 9.47 Å². The van der Waals surface area contributed by atoms with Crippen LogP contribution in [0.15, 0.2) is 36.0 Å². The van der Waals surface area contributed by atoms with Crippen LogP contribution in [0.4, 0.5) is 0 Å². The molecule has 5 aliphatic rings. The van der Waals surface area contributed by atoms with Crippen LogP contribution in [0.25, 0.3) is 0 Å². The Labute approximate surface area is 182 Å². The molecule has 3 fully saturated rings. The molecular formula is C27H38O3. The van der Waals surface area contributed by atoms with Gasteiger partial charge in [0.1, 0.15) is 0 Å². The highest BCUT2D eigenvalue weighted by atomic mass is 16.7. The van der Waals surface area contributed by atoms with E-state index >= 15 is 0 Å². The molecule has 0 spiro atoms. The number of allylic oxidation sites excluding steroid dienone is 6. The molecule has 4 aliphatic carbocycles. The summed E-state index contributed by atoms with van der Waals surface area (Å²) in [6.45, 7) is 13.3. The smallest absolute Gasteiger partial charge is 0.178 e. The molecule has 30 heavy (non-hydrogen) atoms. The first-order valence-corrected chi connectivity index (χ1v) is 12.0. The van der Waals surface area contributed by atoms with Gasteiger partial charge in [-0.2, -0.15) is 0 Å². The monoisotopic (exact) mass is 410 g/mol. The average molecular weight is 411 g/mol. The lowest BCUT2D eigenvalue weighted by atomic mass is 9.49. The van der Waals surface area contributed by atoms with Gasteiger partial charge in [0.15, 0.2) is 12.1 Å². The van der Waals surface area contributed by atoms with Crippen LogP contribution in [0.5, 0.6) is 0 Å². The molecule has 3 heteroatoms. The van der Waals surface area contributed by atoms with Crippen LogP contribution in [0.3, 0.4) is 0 Å². The summed E-state index contributed by atoms with van der Waals surface area (Å²) in [6, 6.07) is 0. The zero-order valence-electron chi connectivity index (χ0n) is 19.3. The second kappa shape index (κ2) is 6.90. The summed E-state index contributed by atoms with van der Waals surface area (Å²) < 4.78 is 12.4. The van der Waals surface area contributed by atoms with Crippen LogP contribution < -0.4 is 0 Å². The van der Waals surface area contributed by atoms with E-state index in [9.17, 15) is 4.79 Å². The van der Waals surface area contributed by atoms with E-state index in [1.807, 2.05) is 6.08 Å². The normalized spacial score (nSPS) is 46.0. The van der Waals surface area contributed by atoms with Gasteiger partial charge in [0, 0.05) is 16.7 Å². The molecule has 1 aliphatic heterocycles. The molecule has 1 unspecified atom stereocenters. The third-order valence-corrected chi connectivity index (χ3v) is 9.53. The summed E-state index contributed by atoms with van der Waals surface area (Å²) in [6.07, 6.45) is 15.6. The lowest BCUT2D eigenvalue weighted by Gasteiger charge is -2.56. The number of carbonyl (C=O) groups excluding carboxylic acids is 1. The van der Waals surface area contributed by atoms with Crippen molar-refractivity contribution in [3.05, 3.63) is 36.0 Å². The summed E-state index contributed by atoms with van der Waals surface area (Å²) in [5.41, 5.74) is 1.70. The Morgan fingerprint density at radius 2 is 1.73 bits per heavy atom. The molecule has 1 saturated heterocycles. The largest absolute Gasteiger partial charge is 0.352 e. The second-order valence-electron chi connectivity index (χ2n) is 12.0. The minimum atomic E-state index is -0.0578. The highest BCUT2D eigenvalue weighted by Crippen LogP contribution is 2.66.